The minimum atomic E-state index is -3.60. The SMILES string of the molecule is O=C(c1cccc(S(=O)(=O)N2CCCCCC2)c1)N(Cc1cccs1)CC1CCCO1. The molecule has 2 aliphatic rings. The molecule has 0 bridgehead atoms. The van der Waals surface area contributed by atoms with Gasteiger partial charge in [-0.05, 0) is 55.3 Å². The van der Waals surface area contributed by atoms with Gasteiger partial charge in [0.05, 0.1) is 17.5 Å². The Balaban J connectivity index is 1.56. The van der Waals surface area contributed by atoms with Crippen LogP contribution in [-0.4, -0.2) is 55.9 Å². The number of sulfonamides is 1. The molecule has 0 radical (unpaired) electrons. The van der Waals surface area contributed by atoms with Crippen LogP contribution in [0.5, 0.6) is 0 Å². The normalized spacial score (nSPS) is 20.5. The molecule has 1 amide bonds. The van der Waals surface area contributed by atoms with E-state index in [-0.39, 0.29) is 16.9 Å². The second-order valence-corrected chi connectivity index (χ2v) is 11.2. The van der Waals surface area contributed by atoms with Crippen molar-refractivity contribution in [2.45, 2.75) is 56.1 Å². The quantitative estimate of drug-likeness (QED) is 0.620. The lowest BCUT2D eigenvalue weighted by molar-refractivity contribution is 0.0509. The molecule has 0 saturated carbocycles. The maximum absolute atomic E-state index is 13.4. The number of hydrogen-bond donors (Lipinski definition) is 0. The van der Waals surface area contributed by atoms with Crippen LogP contribution in [0.1, 0.15) is 53.8 Å². The van der Waals surface area contributed by atoms with E-state index in [1.54, 1.807) is 44.8 Å². The number of carbonyl (C=O) groups is 1. The molecule has 4 rings (SSSR count). The topological polar surface area (TPSA) is 66.9 Å². The molecule has 2 aliphatic heterocycles. The monoisotopic (exact) mass is 462 g/mol. The van der Waals surface area contributed by atoms with Crippen molar-refractivity contribution >= 4 is 27.3 Å². The zero-order chi connectivity index (χ0) is 21.7. The summed E-state index contributed by atoms with van der Waals surface area (Å²) in [4.78, 5) is 16.5. The van der Waals surface area contributed by atoms with Crippen LogP contribution in [0.25, 0.3) is 0 Å². The fourth-order valence-electron chi connectivity index (χ4n) is 4.25. The van der Waals surface area contributed by atoms with E-state index in [9.17, 15) is 13.2 Å². The van der Waals surface area contributed by atoms with Crippen LogP contribution in [0, 0.1) is 0 Å². The second-order valence-electron chi connectivity index (χ2n) is 8.25. The van der Waals surface area contributed by atoms with Gasteiger partial charge < -0.3 is 9.64 Å². The molecule has 1 aromatic heterocycles. The van der Waals surface area contributed by atoms with Crippen LogP contribution < -0.4 is 0 Å². The van der Waals surface area contributed by atoms with Gasteiger partial charge in [-0.25, -0.2) is 8.42 Å². The highest BCUT2D eigenvalue weighted by Gasteiger charge is 2.28. The highest BCUT2D eigenvalue weighted by molar-refractivity contribution is 7.89. The number of benzene rings is 1. The fourth-order valence-corrected chi connectivity index (χ4v) is 6.53. The van der Waals surface area contributed by atoms with Gasteiger partial charge in [-0.1, -0.05) is 25.0 Å². The van der Waals surface area contributed by atoms with Crippen molar-refractivity contribution in [3.63, 3.8) is 0 Å². The van der Waals surface area contributed by atoms with Crippen LogP contribution in [-0.2, 0) is 21.3 Å². The van der Waals surface area contributed by atoms with E-state index in [2.05, 4.69) is 0 Å². The first-order valence-electron chi connectivity index (χ1n) is 11.1. The molecule has 0 N–H and O–H groups in total. The summed E-state index contributed by atoms with van der Waals surface area (Å²) in [5, 5.41) is 2.00. The third kappa shape index (κ3) is 5.55. The lowest BCUT2D eigenvalue weighted by Gasteiger charge is -2.25. The lowest BCUT2D eigenvalue weighted by atomic mass is 10.1. The van der Waals surface area contributed by atoms with Crippen molar-refractivity contribution < 1.29 is 17.9 Å². The summed E-state index contributed by atoms with van der Waals surface area (Å²) in [7, 11) is -3.60. The summed E-state index contributed by atoms with van der Waals surface area (Å²) in [6.45, 7) is 2.84. The smallest absolute Gasteiger partial charge is 0.254 e. The van der Waals surface area contributed by atoms with Gasteiger partial charge in [0.25, 0.3) is 5.91 Å². The molecule has 31 heavy (non-hydrogen) atoms. The molecule has 1 atom stereocenters. The molecule has 2 aromatic rings. The Hall–Kier alpha value is -1.74. The second kappa shape index (κ2) is 10.3. The molecular weight excluding hydrogens is 432 g/mol. The minimum absolute atomic E-state index is 0.0351. The van der Waals surface area contributed by atoms with E-state index >= 15 is 0 Å². The van der Waals surface area contributed by atoms with Crippen LogP contribution in [0.4, 0.5) is 0 Å². The number of rotatable bonds is 7. The Morgan fingerprint density at radius 3 is 2.58 bits per heavy atom. The zero-order valence-electron chi connectivity index (χ0n) is 17.7. The molecule has 0 aliphatic carbocycles. The van der Waals surface area contributed by atoms with Crippen molar-refractivity contribution in [2.75, 3.05) is 26.2 Å². The minimum Gasteiger partial charge on any atom is -0.376 e. The molecule has 2 fully saturated rings. The predicted octanol–water partition coefficient (Wildman–Crippen LogP) is 4.13. The summed E-state index contributed by atoms with van der Waals surface area (Å²) in [5.41, 5.74) is 0.408. The number of hydrogen-bond acceptors (Lipinski definition) is 5. The summed E-state index contributed by atoms with van der Waals surface area (Å²) >= 11 is 1.61. The summed E-state index contributed by atoms with van der Waals surface area (Å²) < 4.78 is 33.7. The van der Waals surface area contributed by atoms with Gasteiger partial charge in [0.2, 0.25) is 10.0 Å². The summed E-state index contributed by atoms with van der Waals surface area (Å²) in [6.07, 6.45) is 5.87. The molecule has 8 heteroatoms. The first-order valence-corrected chi connectivity index (χ1v) is 13.4. The Bertz CT molecular complexity index is 961. The zero-order valence-corrected chi connectivity index (χ0v) is 19.4. The number of nitrogens with zero attached hydrogens (tertiary/aromatic N) is 2. The first-order chi connectivity index (χ1) is 15.0. The number of ether oxygens (including phenoxy) is 1. The average Bonchev–Trinajstić information content (AvgIpc) is 3.41. The van der Waals surface area contributed by atoms with E-state index < -0.39 is 10.0 Å². The van der Waals surface area contributed by atoms with Crippen LogP contribution in [0.2, 0.25) is 0 Å². The standard InChI is InChI=1S/C23H30N2O4S2/c26-23(24(17-20-9-6-14-29-20)18-21-10-7-15-30-21)19-8-5-11-22(16-19)31(27,28)25-12-3-1-2-4-13-25/h5,7-8,10-11,15-16,20H,1-4,6,9,12-14,17-18H2. The van der Waals surface area contributed by atoms with Crippen LogP contribution in [0.3, 0.4) is 0 Å². The Labute approximate surface area is 188 Å². The summed E-state index contributed by atoms with van der Waals surface area (Å²) in [5.74, 6) is -0.156. The van der Waals surface area contributed by atoms with E-state index in [0.29, 0.717) is 31.7 Å². The largest absolute Gasteiger partial charge is 0.376 e. The number of carbonyl (C=O) groups excluding carboxylic acids is 1. The molecule has 1 unspecified atom stereocenters. The highest BCUT2D eigenvalue weighted by atomic mass is 32.2. The van der Waals surface area contributed by atoms with Crippen molar-refractivity contribution in [1.82, 2.24) is 9.21 Å². The van der Waals surface area contributed by atoms with Crippen LogP contribution >= 0.6 is 11.3 Å². The molecular formula is C23H30N2O4S2. The Morgan fingerprint density at radius 1 is 1.10 bits per heavy atom. The molecule has 3 heterocycles. The van der Waals surface area contributed by atoms with Gasteiger partial charge in [-0.15, -0.1) is 11.3 Å². The third-order valence-corrected chi connectivity index (χ3v) is 8.70. The van der Waals surface area contributed by atoms with Gasteiger partial charge in [0.15, 0.2) is 0 Å². The predicted molar refractivity (Wildman–Crippen MR) is 122 cm³/mol. The maximum atomic E-state index is 13.4. The molecule has 0 spiro atoms. The Morgan fingerprint density at radius 2 is 1.90 bits per heavy atom. The van der Waals surface area contributed by atoms with Crippen LogP contribution in [0.15, 0.2) is 46.7 Å². The van der Waals surface area contributed by atoms with E-state index in [1.165, 1.54) is 0 Å². The van der Waals surface area contributed by atoms with Gasteiger partial charge in [-0.3, -0.25) is 4.79 Å². The first kappa shape index (κ1) is 22.5. The molecule has 6 nitrogen and oxygen atoms in total. The fraction of sp³-hybridized carbons (Fsp3) is 0.522. The Kier molecular flexibility index (Phi) is 7.43. The van der Waals surface area contributed by atoms with Crippen molar-refractivity contribution in [2.24, 2.45) is 0 Å². The lowest BCUT2D eigenvalue weighted by Crippen LogP contribution is -2.37. The van der Waals surface area contributed by atoms with Gasteiger partial charge in [0, 0.05) is 36.7 Å². The summed E-state index contributed by atoms with van der Waals surface area (Å²) in [6, 6.07) is 10.5. The maximum Gasteiger partial charge on any atom is 0.254 e. The van der Waals surface area contributed by atoms with Gasteiger partial charge >= 0.3 is 0 Å². The third-order valence-electron chi connectivity index (χ3n) is 5.95. The molecule has 1 aromatic carbocycles. The molecule has 168 valence electrons. The van der Waals surface area contributed by atoms with E-state index in [4.69, 9.17) is 4.74 Å². The van der Waals surface area contributed by atoms with E-state index in [0.717, 1.165) is 50.0 Å². The molecule has 2 saturated heterocycles. The number of amides is 1. The van der Waals surface area contributed by atoms with Gasteiger partial charge in [-0.2, -0.15) is 4.31 Å². The van der Waals surface area contributed by atoms with Crippen molar-refractivity contribution in [3.8, 4) is 0 Å². The highest BCUT2D eigenvalue weighted by Crippen LogP contribution is 2.23. The van der Waals surface area contributed by atoms with Crippen molar-refractivity contribution in [1.29, 1.82) is 0 Å². The van der Waals surface area contributed by atoms with E-state index in [1.807, 2.05) is 17.5 Å². The van der Waals surface area contributed by atoms with Crippen molar-refractivity contribution in [3.05, 3.63) is 52.2 Å². The van der Waals surface area contributed by atoms with Gasteiger partial charge in [0.1, 0.15) is 0 Å². The average molecular weight is 463 g/mol. The number of thiophene rings is 1.